The molecule has 1 N–H and O–H groups in total. The van der Waals surface area contributed by atoms with E-state index in [1.807, 2.05) is 18.2 Å². The van der Waals surface area contributed by atoms with Gasteiger partial charge in [0.2, 0.25) is 0 Å². The number of ether oxygens (including phenoxy) is 1. The summed E-state index contributed by atoms with van der Waals surface area (Å²) in [5, 5.41) is 13.8. The molecule has 0 aliphatic heterocycles. The number of hydrogen-bond acceptors (Lipinski definition) is 4. The molecule has 0 fully saturated rings. The predicted molar refractivity (Wildman–Crippen MR) is 81.1 cm³/mol. The highest BCUT2D eigenvalue weighted by Gasteiger charge is 2.06. The lowest BCUT2D eigenvalue weighted by Crippen LogP contribution is -2.01. The fourth-order valence-electron chi connectivity index (χ4n) is 1.78. The maximum atomic E-state index is 10.6. The molecule has 0 amide bonds. The van der Waals surface area contributed by atoms with Crippen LogP contribution in [0.2, 0.25) is 0 Å². The average molecular weight is 337 g/mol. The van der Waals surface area contributed by atoms with Gasteiger partial charge in [0, 0.05) is 34.4 Å². The highest BCUT2D eigenvalue weighted by atomic mass is 79.9. The van der Waals surface area contributed by atoms with E-state index in [-0.39, 0.29) is 5.69 Å². The monoisotopic (exact) mass is 336 g/mol. The SMILES string of the molecule is COc1ccc(Br)cc1CNc1ccc([N+](=O)[O-])cc1. The average Bonchev–Trinajstić information content (AvgIpc) is 2.45. The Balaban J connectivity index is 2.08. The Morgan fingerprint density at radius 3 is 2.55 bits per heavy atom. The minimum Gasteiger partial charge on any atom is -0.496 e. The van der Waals surface area contributed by atoms with Crippen molar-refractivity contribution in [1.82, 2.24) is 0 Å². The van der Waals surface area contributed by atoms with Gasteiger partial charge < -0.3 is 10.1 Å². The highest BCUT2D eigenvalue weighted by molar-refractivity contribution is 9.10. The lowest BCUT2D eigenvalue weighted by Gasteiger charge is -2.11. The lowest BCUT2D eigenvalue weighted by atomic mass is 10.2. The Morgan fingerprint density at radius 2 is 1.95 bits per heavy atom. The molecule has 104 valence electrons. The van der Waals surface area contributed by atoms with Gasteiger partial charge in [-0.15, -0.1) is 0 Å². The molecular formula is C14H13BrN2O3. The molecule has 20 heavy (non-hydrogen) atoms. The second-order valence-corrected chi connectivity index (χ2v) is 5.03. The standard InChI is InChI=1S/C14H13BrN2O3/c1-20-14-7-2-11(15)8-10(14)9-16-12-3-5-13(6-4-12)17(18)19/h2-8,16H,9H2,1H3. The van der Waals surface area contributed by atoms with E-state index >= 15 is 0 Å². The van der Waals surface area contributed by atoms with E-state index in [1.165, 1.54) is 12.1 Å². The largest absolute Gasteiger partial charge is 0.496 e. The smallest absolute Gasteiger partial charge is 0.269 e. The molecule has 0 aliphatic carbocycles. The topological polar surface area (TPSA) is 64.4 Å². The molecule has 0 bridgehead atoms. The number of nitrogens with zero attached hydrogens (tertiary/aromatic N) is 1. The molecule has 0 aromatic heterocycles. The molecule has 0 unspecified atom stereocenters. The molecule has 0 heterocycles. The minimum absolute atomic E-state index is 0.0792. The van der Waals surface area contributed by atoms with Crippen LogP contribution in [0.1, 0.15) is 5.56 Å². The van der Waals surface area contributed by atoms with Crippen LogP contribution in [0, 0.1) is 10.1 Å². The van der Waals surface area contributed by atoms with E-state index < -0.39 is 4.92 Å². The Kier molecular flexibility index (Phi) is 4.57. The number of benzene rings is 2. The van der Waals surface area contributed by atoms with Crippen molar-refractivity contribution in [3.8, 4) is 5.75 Å². The maximum Gasteiger partial charge on any atom is 0.269 e. The molecule has 2 aromatic rings. The Morgan fingerprint density at radius 1 is 1.25 bits per heavy atom. The molecule has 2 aromatic carbocycles. The lowest BCUT2D eigenvalue weighted by molar-refractivity contribution is -0.384. The first-order valence-corrected chi connectivity index (χ1v) is 6.70. The van der Waals surface area contributed by atoms with Crippen molar-refractivity contribution >= 4 is 27.3 Å². The van der Waals surface area contributed by atoms with E-state index in [9.17, 15) is 10.1 Å². The summed E-state index contributed by atoms with van der Waals surface area (Å²) in [5.74, 6) is 0.794. The summed E-state index contributed by atoms with van der Waals surface area (Å²) in [6.07, 6.45) is 0. The summed E-state index contributed by atoms with van der Waals surface area (Å²) in [5.41, 5.74) is 1.90. The molecule has 0 aliphatic rings. The van der Waals surface area contributed by atoms with Gasteiger partial charge in [-0.3, -0.25) is 10.1 Å². The minimum atomic E-state index is -0.416. The van der Waals surface area contributed by atoms with Crippen molar-refractivity contribution < 1.29 is 9.66 Å². The third-order valence-electron chi connectivity index (χ3n) is 2.80. The maximum absolute atomic E-state index is 10.6. The number of hydrogen-bond donors (Lipinski definition) is 1. The third-order valence-corrected chi connectivity index (χ3v) is 3.30. The number of methoxy groups -OCH3 is 1. The number of nitrogens with one attached hydrogen (secondary N) is 1. The Bertz CT molecular complexity index is 614. The van der Waals surface area contributed by atoms with Gasteiger partial charge in [-0.2, -0.15) is 0 Å². The Hall–Kier alpha value is -2.08. The zero-order chi connectivity index (χ0) is 14.5. The van der Waals surface area contributed by atoms with Crippen LogP contribution in [0.3, 0.4) is 0 Å². The zero-order valence-electron chi connectivity index (χ0n) is 10.8. The van der Waals surface area contributed by atoms with Crippen LogP contribution >= 0.6 is 15.9 Å². The van der Waals surface area contributed by atoms with Crippen molar-refractivity contribution in [2.45, 2.75) is 6.54 Å². The fraction of sp³-hybridized carbons (Fsp3) is 0.143. The van der Waals surface area contributed by atoms with Crippen molar-refractivity contribution in [2.24, 2.45) is 0 Å². The molecular weight excluding hydrogens is 324 g/mol. The quantitative estimate of drug-likeness (QED) is 0.662. The van der Waals surface area contributed by atoms with Crippen LogP contribution in [0.15, 0.2) is 46.9 Å². The van der Waals surface area contributed by atoms with E-state index in [0.717, 1.165) is 21.5 Å². The van der Waals surface area contributed by atoms with E-state index in [0.29, 0.717) is 6.54 Å². The van der Waals surface area contributed by atoms with E-state index in [2.05, 4.69) is 21.2 Å². The van der Waals surface area contributed by atoms with Gasteiger partial charge in [-0.25, -0.2) is 0 Å². The van der Waals surface area contributed by atoms with Crippen LogP contribution < -0.4 is 10.1 Å². The van der Waals surface area contributed by atoms with Crippen molar-refractivity contribution in [1.29, 1.82) is 0 Å². The second kappa shape index (κ2) is 6.38. The summed E-state index contributed by atoms with van der Waals surface area (Å²) < 4.78 is 6.26. The summed E-state index contributed by atoms with van der Waals surface area (Å²) in [7, 11) is 1.62. The van der Waals surface area contributed by atoms with Gasteiger partial charge in [0.1, 0.15) is 5.75 Å². The van der Waals surface area contributed by atoms with Crippen LogP contribution in [-0.4, -0.2) is 12.0 Å². The first-order valence-electron chi connectivity index (χ1n) is 5.91. The van der Waals surface area contributed by atoms with Gasteiger partial charge >= 0.3 is 0 Å². The normalized spacial score (nSPS) is 10.1. The zero-order valence-corrected chi connectivity index (χ0v) is 12.4. The first kappa shape index (κ1) is 14.3. The van der Waals surface area contributed by atoms with Crippen LogP contribution in [-0.2, 0) is 6.54 Å². The molecule has 0 spiro atoms. The summed E-state index contributed by atoms with van der Waals surface area (Å²) in [6.45, 7) is 0.570. The number of nitro groups is 1. The third kappa shape index (κ3) is 3.48. The number of rotatable bonds is 5. The number of anilines is 1. The molecule has 0 atom stereocenters. The predicted octanol–water partition coefficient (Wildman–Crippen LogP) is 3.98. The van der Waals surface area contributed by atoms with Crippen LogP contribution in [0.25, 0.3) is 0 Å². The van der Waals surface area contributed by atoms with Crippen LogP contribution in [0.4, 0.5) is 11.4 Å². The van der Waals surface area contributed by atoms with Gasteiger partial charge in [0.15, 0.2) is 0 Å². The molecule has 0 radical (unpaired) electrons. The number of nitro benzene ring substituents is 1. The van der Waals surface area contributed by atoms with Gasteiger partial charge in [-0.05, 0) is 30.3 Å². The summed E-state index contributed by atoms with van der Waals surface area (Å²) in [4.78, 5) is 10.2. The summed E-state index contributed by atoms with van der Waals surface area (Å²) >= 11 is 3.42. The van der Waals surface area contributed by atoms with Gasteiger partial charge in [0.25, 0.3) is 5.69 Å². The van der Waals surface area contributed by atoms with Crippen LogP contribution in [0.5, 0.6) is 5.75 Å². The summed E-state index contributed by atoms with van der Waals surface area (Å²) in [6, 6.07) is 12.1. The fourth-order valence-corrected chi connectivity index (χ4v) is 2.19. The number of halogens is 1. The van der Waals surface area contributed by atoms with E-state index in [4.69, 9.17) is 4.74 Å². The molecule has 0 saturated carbocycles. The van der Waals surface area contributed by atoms with Crippen molar-refractivity contribution in [2.75, 3.05) is 12.4 Å². The van der Waals surface area contributed by atoms with Crippen molar-refractivity contribution in [3.63, 3.8) is 0 Å². The second-order valence-electron chi connectivity index (χ2n) is 4.11. The number of non-ortho nitro benzene ring substituents is 1. The van der Waals surface area contributed by atoms with E-state index in [1.54, 1.807) is 19.2 Å². The molecule has 6 heteroatoms. The Labute approximate surface area is 124 Å². The van der Waals surface area contributed by atoms with Gasteiger partial charge in [-0.1, -0.05) is 15.9 Å². The van der Waals surface area contributed by atoms with Crippen molar-refractivity contribution in [3.05, 3.63) is 62.6 Å². The molecule has 2 rings (SSSR count). The molecule has 5 nitrogen and oxygen atoms in total. The first-order chi connectivity index (χ1) is 9.60. The highest BCUT2D eigenvalue weighted by Crippen LogP contribution is 2.24. The van der Waals surface area contributed by atoms with Gasteiger partial charge in [0.05, 0.1) is 12.0 Å². The molecule has 0 saturated heterocycles.